The highest BCUT2D eigenvalue weighted by Crippen LogP contribution is 2.19. The van der Waals surface area contributed by atoms with E-state index in [-0.39, 0.29) is 5.56 Å². The zero-order chi connectivity index (χ0) is 15.2. The third-order valence-electron chi connectivity index (χ3n) is 3.11. The maximum atomic E-state index is 11.1. The number of aromatic nitrogens is 1. The number of hydrogen-bond donors (Lipinski definition) is 3. The molecule has 0 aliphatic rings. The van der Waals surface area contributed by atoms with Gasteiger partial charge in [0.15, 0.2) is 0 Å². The molecule has 0 spiro atoms. The number of aliphatic hydroxyl groups excluding tert-OH is 1. The molecule has 0 bridgehead atoms. The largest absolute Gasteiger partial charge is 0.478 e. The van der Waals surface area contributed by atoms with Gasteiger partial charge in [-0.3, -0.25) is 0 Å². The monoisotopic (exact) mass is 290 g/mol. The second kappa shape index (κ2) is 7.01. The van der Waals surface area contributed by atoms with Crippen molar-refractivity contribution in [3.05, 3.63) is 35.9 Å². The Morgan fingerprint density at radius 2 is 2.19 bits per heavy atom. The SMILES string of the molecule is COCC(O)CCNc1ccc2c(C(=O)O)cccc2n1. The lowest BCUT2D eigenvalue weighted by Crippen LogP contribution is -2.18. The fourth-order valence-electron chi connectivity index (χ4n) is 2.08. The Morgan fingerprint density at radius 3 is 2.90 bits per heavy atom. The topological polar surface area (TPSA) is 91.7 Å². The van der Waals surface area contributed by atoms with Gasteiger partial charge in [-0.2, -0.15) is 0 Å². The second-order valence-corrected chi connectivity index (χ2v) is 4.70. The molecule has 1 heterocycles. The van der Waals surface area contributed by atoms with Crippen molar-refractivity contribution in [2.45, 2.75) is 12.5 Å². The van der Waals surface area contributed by atoms with Gasteiger partial charge in [0.25, 0.3) is 0 Å². The summed E-state index contributed by atoms with van der Waals surface area (Å²) >= 11 is 0. The molecule has 1 unspecified atom stereocenters. The van der Waals surface area contributed by atoms with E-state index >= 15 is 0 Å². The molecule has 0 amide bonds. The maximum Gasteiger partial charge on any atom is 0.336 e. The molecule has 0 fully saturated rings. The van der Waals surface area contributed by atoms with Gasteiger partial charge in [-0.1, -0.05) is 6.07 Å². The van der Waals surface area contributed by atoms with Crippen molar-refractivity contribution in [2.24, 2.45) is 0 Å². The number of aliphatic hydroxyl groups is 1. The number of rotatable bonds is 7. The van der Waals surface area contributed by atoms with E-state index in [1.54, 1.807) is 37.4 Å². The molecule has 3 N–H and O–H groups in total. The lowest BCUT2D eigenvalue weighted by atomic mass is 10.1. The summed E-state index contributed by atoms with van der Waals surface area (Å²) in [5.74, 6) is -0.319. The van der Waals surface area contributed by atoms with Crippen molar-refractivity contribution < 1.29 is 19.7 Å². The number of aromatic carboxylic acids is 1. The first kappa shape index (κ1) is 15.2. The van der Waals surface area contributed by atoms with Crippen molar-refractivity contribution in [1.82, 2.24) is 4.98 Å². The first-order valence-electron chi connectivity index (χ1n) is 6.65. The van der Waals surface area contributed by atoms with Gasteiger partial charge in [-0.05, 0) is 30.7 Å². The van der Waals surface area contributed by atoms with Gasteiger partial charge in [0.05, 0.1) is 23.8 Å². The summed E-state index contributed by atoms with van der Waals surface area (Å²) in [6, 6.07) is 8.47. The van der Waals surface area contributed by atoms with E-state index in [4.69, 9.17) is 9.84 Å². The average molecular weight is 290 g/mol. The van der Waals surface area contributed by atoms with Crippen molar-refractivity contribution in [3.8, 4) is 0 Å². The van der Waals surface area contributed by atoms with E-state index in [9.17, 15) is 9.90 Å². The minimum absolute atomic E-state index is 0.238. The van der Waals surface area contributed by atoms with Crippen LogP contribution in [0.2, 0.25) is 0 Å². The van der Waals surface area contributed by atoms with Gasteiger partial charge in [-0.15, -0.1) is 0 Å². The van der Waals surface area contributed by atoms with Crippen LogP contribution in [0, 0.1) is 0 Å². The van der Waals surface area contributed by atoms with E-state index in [0.717, 1.165) is 0 Å². The van der Waals surface area contributed by atoms with E-state index in [1.165, 1.54) is 0 Å². The van der Waals surface area contributed by atoms with Crippen LogP contribution in [0.4, 0.5) is 5.82 Å². The lowest BCUT2D eigenvalue weighted by molar-refractivity contribution is 0.0615. The number of ether oxygens (including phenoxy) is 1. The normalized spacial score (nSPS) is 12.3. The Hall–Kier alpha value is -2.18. The predicted octanol–water partition coefficient (Wildman–Crippen LogP) is 1.74. The number of hydrogen-bond acceptors (Lipinski definition) is 5. The van der Waals surface area contributed by atoms with Crippen LogP contribution in [-0.4, -0.2) is 47.5 Å². The molecule has 1 atom stereocenters. The number of benzene rings is 1. The van der Waals surface area contributed by atoms with Gasteiger partial charge >= 0.3 is 5.97 Å². The molecule has 0 saturated carbocycles. The third kappa shape index (κ3) is 3.90. The molecule has 2 aromatic rings. The third-order valence-corrected chi connectivity index (χ3v) is 3.11. The Balaban J connectivity index is 2.08. The van der Waals surface area contributed by atoms with E-state index in [1.807, 2.05) is 0 Å². The van der Waals surface area contributed by atoms with Crippen LogP contribution in [0.5, 0.6) is 0 Å². The number of carboxylic acid groups (broad SMARTS) is 1. The van der Waals surface area contributed by atoms with Gasteiger partial charge in [0.2, 0.25) is 0 Å². The number of carboxylic acids is 1. The summed E-state index contributed by atoms with van der Waals surface area (Å²) in [4.78, 5) is 15.5. The minimum atomic E-state index is -0.967. The van der Waals surface area contributed by atoms with E-state index in [2.05, 4.69) is 10.3 Å². The Labute approximate surface area is 122 Å². The van der Waals surface area contributed by atoms with Crippen LogP contribution in [0.25, 0.3) is 10.9 Å². The summed E-state index contributed by atoms with van der Waals surface area (Å²) in [6.45, 7) is 0.858. The standard InChI is InChI=1S/C15H18N2O4/c1-21-9-10(18)7-8-16-14-6-5-11-12(15(19)20)3-2-4-13(11)17-14/h2-6,10,18H,7-9H2,1H3,(H,16,17)(H,19,20). The molecule has 1 aromatic carbocycles. The zero-order valence-corrected chi connectivity index (χ0v) is 11.7. The molecule has 6 nitrogen and oxygen atoms in total. The molecule has 2 rings (SSSR count). The van der Waals surface area contributed by atoms with E-state index < -0.39 is 12.1 Å². The summed E-state index contributed by atoms with van der Waals surface area (Å²) in [5, 5.41) is 22.4. The summed E-state index contributed by atoms with van der Waals surface area (Å²) < 4.78 is 4.85. The fourth-order valence-corrected chi connectivity index (χ4v) is 2.08. The van der Waals surface area contributed by atoms with Crippen molar-refractivity contribution in [2.75, 3.05) is 25.6 Å². The van der Waals surface area contributed by atoms with Crippen molar-refractivity contribution >= 4 is 22.7 Å². The summed E-state index contributed by atoms with van der Waals surface area (Å²) in [5.41, 5.74) is 0.861. The average Bonchev–Trinajstić information content (AvgIpc) is 2.46. The number of pyridine rings is 1. The highest BCUT2D eigenvalue weighted by molar-refractivity contribution is 6.02. The Bertz CT molecular complexity index is 630. The number of fused-ring (bicyclic) bond motifs is 1. The highest BCUT2D eigenvalue weighted by atomic mass is 16.5. The van der Waals surface area contributed by atoms with Crippen LogP contribution in [0.15, 0.2) is 30.3 Å². The molecule has 0 saturated heterocycles. The number of nitrogens with one attached hydrogen (secondary N) is 1. The molecular formula is C15H18N2O4. The van der Waals surface area contributed by atoms with Crippen LogP contribution in [0.3, 0.4) is 0 Å². The minimum Gasteiger partial charge on any atom is -0.478 e. The van der Waals surface area contributed by atoms with Gasteiger partial charge in [-0.25, -0.2) is 9.78 Å². The van der Waals surface area contributed by atoms with Crippen molar-refractivity contribution in [3.63, 3.8) is 0 Å². The quantitative estimate of drug-likeness (QED) is 0.719. The fraction of sp³-hybridized carbons (Fsp3) is 0.333. The molecule has 21 heavy (non-hydrogen) atoms. The number of nitrogens with zero attached hydrogens (tertiary/aromatic N) is 1. The molecular weight excluding hydrogens is 272 g/mol. The predicted molar refractivity (Wildman–Crippen MR) is 79.7 cm³/mol. The van der Waals surface area contributed by atoms with Gasteiger partial charge in [0.1, 0.15) is 5.82 Å². The summed E-state index contributed by atoms with van der Waals surface area (Å²) in [7, 11) is 1.54. The molecule has 0 aliphatic carbocycles. The van der Waals surface area contributed by atoms with Crippen molar-refractivity contribution in [1.29, 1.82) is 0 Å². The lowest BCUT2D eigenvalue weighted by Gasteiger charge is -2.11. The number of methoxy groups -OCH3 is 1. The van der Waals surface area contributed by atoms with Gasteiger partial charge in [0, 0.05) is 19.0 Å². The summed E-state index contributed by atoms with van der Waals surface area (Å²) in [6.07, 6.45) is 0.0319. The van der Waals surface area contributed by atoms with E-state index in [0.29, 0.717) is 36.3 Å². The molecule has 0 aliphatic heterocycles. The van der Waals surface area contributed by atoms with Crippen LogP contribution >= 0.6 is 0 Å². The maximum absolute atomic E-state index is 11.1. The number of anilines is 1. The first-order chi connectivity index (χ1) is 10.1. The van der Waals surface area contributed by atoms with Crippen LogP contribution in [-0.2, 0) is 4.74 Å². The molecule has 6 heteroatoms. The highest BCUT2D eigenvalue weighted by Gasteiger charge is 2.09. The zero-order valence-electron chi connectivity index (χ0n) is 11.7. The smallest absolute Gasteiger partial charge is 0.336 e. The molecule has 112 valence electrons. The Kier molecular flexibility index (Phi) is 5.08. The Morgan fingerprint density at radius 1 is 1.38 bits per heavy atom. The first-order valence-corrected chi connectivity index (χ1v) is 6.65. The van der Waals surface area contributed by atoms with Crippen LogP contribution in [0.1, 0.15) is 16.8 Å². The molecule has 0 radical (unpaired) electrons. The van der Waals surface area contributed by atoms with Crippen LogP contribution < -0.4 is 5.32 Å². The number of carbonyl (C=O) groups is 1. The van der Waals surface area contributed by atoms with Gasteiger partial charge < -0.3 is 20.3 Å². The molecule has 1 aromatic heterocycles. The second-order valence-electron chi connectivity index (χ2n) is 4.70.